The van der Waals surface area contributed by atoms with Crippen LogP contribution in [0.3, 0.4) is 0 Å². The van der Waals surface area contributed by atoms with Gasteiger partial charge in [0.1, 0.15) is 11.5 Å². The van der Waals surface area contributed by atoms with E-state index in [0.29, 0.717) is 32.1 Å². The van der Waals surface area contributed by atoms with Gasteiger partial charge in [0.05, 0.1) is 11.1 Å². The average Bonchev–Trinajstić information content (AvgIpc) is 2.87. The molecule has 2 aromatic rings. The Hall–Kier alpha value is -4.08. The number of phenols is 2. The number of aromatic hydroxyl groups is 2. The summed E-state index contributed by atoms with van der Waals surface area (Å²) in [6.45, 7) is 3.71. The van der Waals surface area contributed by atoms with Gasteiger partial charge in [0.25, 0.3) is 11.8 Å². The molecule has 0 saturated heterocycles. The molecule has 36 heavy (non-hydrogen) atoms. The van der Waals surface area contributed by atoms with Crippen molar-refractivity contribution in [2.45, 2.75) is 52.4 Å². The molecule has 0 aliphatic rings. The van der Waals surface area contributed by atoms with E-state index in [-0.39, 0.29) is 46.3 Å². The molecular weight excluding hydrogens is 464 g/mol. The van der Waals surface area contributed by atoms with Crippen LogP contribution in [-0.4, -0.2) is 33.8 Å². The molecule has 10 heteroatoms. The van der Waals surface area contributed by atoms with Crippen LogP contribution in [0.4, 0.5) is 0 Å². The highest BCUT2D eigenvalue weighted by molar-refractivity contribution is 5.98. The molecule has 0 aromatic heterocycles. The maximum absolute atomic E-state index is 12.6. The number of hydrogen-bond donors (Lipinski definition) is 6. The summed E-state index contributed by atoms with van der Waals surface area (Å²) in [6.07, 6.45) is 3.98. The predicted molar refractivity (Wildman–Crippen MR) is 133 cm³/mol. The zero-order valence-electron chi connectivity index (χ0n) is 20.5. The van der Waals surface area contributed by atoms with E-state index in [9.17, 15) is 29.4 Å². The molecule has 0 fully saturated rings. The summed E-state index contributed by atoms with van der Waals surface area (Å²) in [5, 5.41) is 19.5. The molecule has 0 aliphatic heterocycles. The highest BCUT2D eigenvalue weighted by Crippen LogP contribution is 2.19. The lowest BCUT2D eigenvalue weighted by atomic mass is 9.94. The van der Waals surface area contributed by atoms with Gasteiger partial charge in [0.15, 0.2) is 0 Å². The first-order valence-electron chi connectivity index (χ1n) is 12.0. The summed E-state index contributed by atoms with van der Waals surface area (Å²) in [5.41, 5.74) is 9.56. The summed E-state index contributed by atoms with van der Waals surface area (Å²) < 4.78 is 0. The molecule has 0 spiro atoms. The maximum atomic E-state index is 12.6. The third-order valence-corrected chi connectivity index (χ3v) is 5.79. The van der Waals surface area contributed by atoms with E-state index in [2.05, 4.69) is 21.7 Å². The molecule has 0 bridgehead atoms. The molecule has 2 rings (SSSR count). The van der Waals surface area contributed by atoms with Crippen LogP contribution < -0.4 is 21.7 Å². The minimum absolute atomic E-state index is 0.0578. The number of hydrazine groups is 2. The molecule has 2 unspecified atom stereocenters. The number of para-hydroxylation sites is 2. The molecule has 4 amide bonds. The Morgan fingerprint density at radius 2 is 1.17 bits per heavy atom. The fourth-order valence-electron chi connectivity index (χ4n) is 3.66. The second-order valence-corrected chi connectivity index (χ2v) is 8.59. The fourth-order valence-corrected chi connectivity index (χ4v) is 3.66. The van der Waals surface area contributed by atoms with Gasteiger partial charge in [-0.15, -0.1) is 0 Å². The van der Waals surface area contributed by atoms with E-state index >= 15 is 0 Å². The number of hydrogen-bond acceptors (Lipinski definition) is 6. The first kappa shape index (κ1) is 28.2. The van der Waals surface area contributed by atoms with Crippen LogP contribution in [0.25, 0.3) is 0 Å². The van der Waals surface area contributed by atoms with Crippen molar-refractivity contribution in [1.29, 1.82) is 0 Å². The van der Waals surface area contributed by atoms with Gasteiger partial charge < -0.3 is 10.2 Å². The Labute approximate surface area is 210 Å². The van der Waals surface area contributed by atoms with Crippen molar-refractivity contribution in [3.8, 4) is 11.5 Å². The number of unbranched alkanes of at least 4 members (excludes halogenated alkanes) is 1. The number of rotatable bonds is 11. The third kappa shape index (κ3) is 8.61. The second-order valence-electron chi connectivity index (χ2n) is 8.59. The minimum atomic E-state index is -0.614. The molecule has 194 valence electrons. The summed E-state index contributed by atoms with van der Waals surface area (Å²) in [5.74, 6) is -2.91. The fraction of sp³-hybridized carbons (Fsp3) is 0.385. The van der Waals surface area contributed by atoms with Gasteiger partial charge in [-0.05, 0) is 43.5 Å². The zero-order chi connectivity index (χ0) is 26.5. The number of phenolic OH excluding ortho intramolecular Hbond substituents is 2. The van der Waals surface area contributed by atoms with Crippen LogP contribution in [0, 0.1) is 11.8 Å². The van der Waals surface area contributed by atoms with Crippen LogP contribution in [-0.2, 0) is 9.59 Å². The topological polar surface area (TPSA) is 157 Å². The summed E-state index contributed by atoms with van der Waals surface area (Å²) in [6, 6.07) is 12.1. The molecule has 6 N–H and O–H groups in total. The predicted octanol–water partition coefficient (Wildman–Crippen LogP) is 2.93. The van der Waals surface area contributed by atoms with E-state index in [1.165, 1.54) is 24.3 Å². The van der Waals surface area contributed by atoms with Crippen LogP contribution >= 0.6 is 0 Å². The number of carbonyl (C=O) groups is 4. The Bertz CT molecular complexity index is 1060. The average molecular weight is 499 g/mol. The lowest BCUT2D eigenvalue weighted by Gasteiger charge is -2.17. The highest BCUT2D eigenvalue weighted by Gasteiger charge is 2.20. The lowest BCUT2D eigenvalue weighted by Crippen LogP contribution is -2.44. The Kier molecular flexibility index (Phi) is 11.2. The Balaban J connectivity index is 1.72. The first-order valence-corrected chi connectivity index (χ1v) is 12.0. The van der Waals surface area contributed by atoms with Gasteiger partial charge in [-0.2, -0.15) is 0 Å². The molecule has 10 nitrogen and oxygen atoms in total. The third-order valence-electron chi connectivity index (χ3n) is 5.79. The monoisotopic (exact) mass is 498 g/mol. The maximum Gasteiger partial charge on any atom is 0.273 e. The van der Waals surface area contributed by atoms with E-state index in [4.69, 9.17) is 0 Å². The molecular formula is C26H34N4O6. The van der Waals surface area contributed by atoms with Crippen LogP contribution in [0.2, 0.25) is 0 Å². The minimum Gasteiger partial charge on any atom is -0.507 e. The van der Waals surface area contributed by atoms with Crippen LogP contribution in [0.5, 0.6) is 11.5 Å². The van der Waals surface area contributed by atoms with Crippen molar-refractivity contribution >= 4 is 23.6 Å². The van der Waals surface area contributed by atoms with Gasteiger partial charge in [-0.3, -0.25) is 40.9 Å². The van der Waals surface area contributed by atoms with Crippen molar-refractivity contribution in [3.05, 3.63) is 59.7 Å². The van der Waals surface area contributed by atoms with Gasteiger partial charge in [-0.1, -0.05) is 57.4 Å². The largest absolute Gasteiger partial charge is 0.507 e. The van der Waals surface area contributed by atoms with E-state index in [0.717, 1.165) is 6.42 Å². The van der Waals surface area contributed by atoms with Crippen LogP contribution in [0.1, 0.15) is 73.1 Å². The molecule has 2 aromatic carbocycles. The normalized spacial score (nSPS) is 12.2. The second kappa shape index (κ2) is 14.3. The quantitative estimate of drug-likeness (QED) is 0.207. The van der Waals surface area contributed by atoms with E-state index in [1.54, 1.807) is 31.2 Å². The highest BCUT2D eigenvalue weighted by atomic mass is 16.3. The smallest absolute Gasteiger partial charge is 0.273 e. The number of nitrogens with one attached hydrogen (secondary N) is 4. The molecule has 2 atom stereocenters. The Morgan fingerprint density at radius 1 is 0.694 bits per heavy atom. The zero-order valence-corrected chi connectivity index (χ0v) is 20.5. The molecule has 0 radical (unpaired) electrons. The first-order chi connectivity index (χ1) is 17.2. The Morgan fingerprint density at radius 3 is 1.67 bits per heavy atom. The summed E-state index contributed by atoms with van der Waals surface area (Å²) >= 11 is 0. The van der Waals surface area contributed by atoms with Gasteiger partial charge >= 0.3 is 0 Å². The van der Waals surface area contributed by atoms with Crippen LogP contribution in [0.15, 0.2) is 48.5 Å². The molecule has 0 saturated carbocycles. The number of carbonyl (C=O) groups excluding carboxylic acids is 4. The van der Waals surface area contributed by atoms with E-state index in [1.807, 2.05) is 6.92 Å². The number of amides is 4. The number of benzene rings is 2. The standard InChI is InChI=1S/C26H34N4O6/c1-3-10-18(24(34)28-30-26(36)20-14-7-9-16-22(20)32)12-5-4-11-17(2)23(33)27-29-25(35)19-13-6-8-15-21(19)31/h6-9,13-18,31-32H,3-5,10-12H2,1-2H3,(H,27,33)(H,28,34)(H,29,35)(H,30,36). The SMILES string of the molecule is CCCC(CCCCC(C)C(=O)NNC(=O)c1ccccc1O)C(=O)NNC(=O)c1ccccc1O. The summed E-state index contributed by atoms with van der Waals surface area (Å²) in [4.78, 5) is 49.1. The van der Waals surface area contributed by atoms with Crippen molar-refractivity contribution in [1.82, 2.24) is 21.7 Å². The molecule has 0 heterocycles. The van der Waals surface area contributed by atoms with Gasteiger partial charge in [0, 0.05) is 11.8 Å². The van der Waals surface area contributed by atoms with Gasteiger partial charge in [0.2, 0.25) is 11.8 Å². The van der Waals surface area contributed by atoms with Crippen molar-refractivity contribution in [3.63, 3.8) is 0 Å². The molecule has 0 aliphatic carbocycles. The van der Waals surface area contributed by atoms with Crippen molar-refractivity contribution < 1.29 is 29.4 Å². The van der Waals surface area contributed by atoms with Crippen molar-refractivity contribution in [2.24, 2.45) is 11.8 Å². The van der Waals surface area contributed by atoms with Crippen molar-refractivity contribution in [2.75, 3.05) is 0 Å². The lowest BCUT2D eigenvalue weighted by molar-refractivity contribution is -0.127. The van der Waals surface area contributed by atoms with E-state index < -0.39 is 11.8 Å². The van der Waals surface area contributed by atoms with Gasteiger partial charge in [-0.25, -0.2) is 0 Å². The summed E-state index contributed by atoms with van der Waals surface area (Å²) in [7, 11) is 0.